The van der Waals surface area contributed by atoms with E-state index in [1.54, 1.807) is 0 Å². The molecule has 0 bridgehead atoms. The SMILES string of the molecule is CNCCN(CI)C(C)C. The van der Waals surface area contributed by atoms with Crippen molar-refractivity contribution in [3.63, 3.8) is 0 Å². The molecule has 0 amide bonds. The average Bonchev–Trinajstić information content (AvgIpc) is 1.89. The summed E-state index contributed by atoms with van der Waals surface area (Å²) < 4.78 is 1.12. The van der Waals surface area contributed by atoms with Gasteiger partial charge in [-0.05, 0) is 20.9 Å². The lowest BCUT2D eigenvalue weighted by molar-refractivity contribution is 0.270. The van der Waals surface area contributed by atoms with Crippen molar-refractivity contribution in [3.8, 4) is 0 Å². The third kappa shape index (κ3) is 4.46. The first-order chi connectivity index (χ1) is 4.72. The van der Waals surface area contributed by atoms with Crippen LogP contribution in [-0.2, 0) is 0 Å². The molecule has 0 fully saturated rings. The predicted octanol–water partition coefficient (Wildman–Crippen LogP) is 1.31. The molecule has 0 rings (SSSR count). The molecule has 0 radical (unpaired) electrons. The molecule has 0 saturated carbocycles. The molecule has 10 heavy (non-hydrogen) atoms. The fourth-order valence-corrected chi connectivity index (χ4v) is 1.84. The third-order valence-electron chi connectivity index (χ3n) is 1.53. The van der Waals surface area contributed by atoms with Crippen LogP contribution in [-0.4, -0.2) is 35.6 Å². The largest absolute Gasteiger partial charge is 0.318 e. The summed E-state index contributed by atoms with van der Waals surface area (Å²) in [5.41, 5.74) is 0. The van der Waals surface area contributed by atoms with Gasteiger partial charge in [-0.1, -0.05) is 22.6 Å². The van der Waals surface area contributed by atoms with Crippen molar-refractivity contribution in [2.75, 3.05) is 24.7 Å². The molecule has 0 spiro atoms. The molecule has 62 valence electrons. The lowest BCUT2D eigenvalue weighted by atomic mass is 10.3. The van der Waals surface area contributed by atoms with Gasteiger partial charge in [0.05, 0.1) is 4.55 Å². The Morgan fingerprint density at radius 2 is 2.10 bits per heavy atom. The molecular formula is C7H17IN2. The highest BCUT2D eigenvalue weighted by Gasteiger charge is 2.04. The van der Waals surface area contributed by atoms with Crippen molar-refractivity contribution in [1.82, 2.24) is 10.2 Å². The van der Waals surface area contributed by atoms with Crippen molar-refractivity contribution >= 4 is 22.6 Å². The standard InChI is InChI=1S/C7H17IN2/c1-7(2)10(6-8)5-4-9-3/h7,9H,4-6H2,1-3H3. The summed E-state index contributed by atoms with van der Waals surface area (Å²) in [5, 5.41) is 3.14. The Morgan fingerprint density at radius 3 is 2.40 bits per heavy atom. The number of rotatable bonds is 5. The molecular weight excluding hydrogens is 239 g/mol. The normalized spacial score (nSPS) is 11.4. The first-order valence-corrected chi connectivity index (χ1v) is 5.19. The van der Waals surface area contributed by atoms with Crippen LogP contribution in [0.15, 0.2) is 0 Å². The second-order valence-electron chi connectivity index (χ2n) is 2.63. The Morgan fingerprint density at radius 1 is 1.50 bits per heavy atom. The van der Waals surface area contributed by atoms with E-state index < -0.39 is 0 Å². The summed E-state index contributed by atoms with van der Waals surface area (Å²) in [6, 6.07) is 0.672. The number of hydrogen-bond acceptors (Lipinski definition) is 2. The van der Waals surface area contributed by atoms with E-state index in [0.717, 1.165) is 17.6 Å². The fourth-order valence-electron chi connectivity index (χ4n) is 0.711. The van der Waals surface area contributed by atoms with Gasteiger partial charge in [0, 0.05) is 19.1 Å². The minimum atomic E-state index is 0.672. The monoisotopic (exact) mass is 256 g/mol. The van der Waals surface area contributed by atoms with Crippen LogP contribution in [0.4, 0.5) is 0 Å². The zero-order chi connectivity index (χ0) is 7.98. The van der Waals surface area contributed by atoms with Crippen molar-refractivity contribution in [1.29, 1.82) is 0 Å². The van der Waals surface area contributed by atoms with Gasteiger partial charge in [-0.3, -0.25) is 4.90 Å². The van der Waals surface area contributed by atoms with Gasteiger partial charge in [0.1, 0.15) is 0 Å². The topological polar surface area (TPSA) is 15.3 Å². The first kappa shape index (κ1) is 10.7. The lowest BCUT2D eigenvalue weighted by Gasteiger charge is -2.23. The Hall–Kier alpha value is 0.650. The van der Waals surface area contributed by atoms with Crippen molar-refractivity contribution < 1.29 is 0 Å². The van der Waals surface area contributed by atoms with Gasteiger partial charge in [0.2, 0.25) is 0 Å². The maximum Gasteiger partial charge on any atom is 0.0508 e. The Labute approximate surface area is 77.5 Å². The van der Waals surface area contributed by atoms with Crippen molar-refractivity contribution in [2.24, 2.45) is 0 Å². The molecule has 0 saturated heterocycles. The van der Waals surface area contributed by atoms with Crippen molar-refractivity contribution in [3.05, 3.63) is 0 Å². The molecule has 0 heterocycles. The molecule has 2 nitrogen and oxygen atoms in total. The summed E-state index contributed by atoms with van der Waals surface area (Å²) in [7, 11) is 1.99. The minimum absolute atomic E-state index is 0.672. The second kappa shape index (κ2) is 6.37. The van der Waals surface area contributed by atoms with Crippen LogP contribution in [0.5, 0.6) is 0 Å². The van der Waals surface area contributed by atoms with Crippen LogP contribution in [0, 0.1) is 0 Å². The highest BCUT2D eigenvalue weighted by molar-refractivity contribution is 14.1. The van der Waals surface area contributed by atoms with E-state index in [4.69, 9.17) is 0 Å². The van der Waals surface area contributed by atoms with Gasteiger partial charge < -0.3 is 5.32 Å². The number of nitrogens with zero attached hydrogens (tertiary/aromatic N) is 1. The minimum Gasteiger partial charge on any atom is -0.318 e. The molecule has 3 heteroatoms. The molecule has 0 unspecified atom stereocenters. The highest BCUT2D eigenvalue weighted by atomic mass is 127. The summed E-state index contributed by atoms with van der Waals surface area (Å²) in [4.78, 5) is 2.43. The number of hydrogen-bond donors (Lipinski definition) is 1. The highest BCUT2D eigenvalue weighted by Crippen LogP contribution is 1.99. The Balaban J connectivity index is 3.40. The summed E-state index contributed by atoms with van der Waals surface area (Å²) in [6.07, 6.45) is 0. The second-order valence-corrected chi connectivity index (χ2v) is 3.31. The van der Waals surface area contributed by atoms with Crippen molar-refractivity contribution in [2.45, 2.75) is 19.9 Å². The lowest BCUT2D eigenvalue weighted by Crippen LogP contribution is -2.34. The molecule has 0 atom stereocenters. The van der Waals surface area contributed by atoms with Crippen LogP contribution < -0.4 is 5.32 Å². The predicted molar refractivity (Wildman–Crippen MR) is 54.7 cm³/mol. The average molecular weight is 256 g/mol. The maximum absolute atomic E-state index is 3.14. The van der Waals surface area contributed by atoms with E-state index in [0.29, 0.717) is 6.04 Å². The summed E-state index contributed by atoms with van der Waals surface area (Å²) >= 11 is 2.40. The van der Waals surface area contributed by atoms with E-state index in [2.05, 4.69) is 46.7 Å². The van der Waals surface area contributed by atoms with E-state index in [1.807, 2.05) is 7.05 Å². The smallest absolute Gasteiger partial charge is 0.0508 e. The summed E-state index contributed by atoms with van der Waals surface area (Å²) in [5.74, 6) is 0. The van der Waals surface area contributed by atoms with Gasteiger partial charge in [0.25, 0.3) is 0 Å². The van der Waals surface area contributed by atoms with Gasteiger partial charge in [0.15, 0.2) is 0 Å². The zero-order valence-electron chi connectivity index (χ0n) is 7.02. The van der Waals surface area contributed by atoms with Gasteiger partial charge in [-0.25, -0.2) is 0 Å². The van der Waals surface area contributed by atoms with Crippen LogP contribution in [0.25, 0.3) is 0 Å². The van der Waals surface area contributed by atoms with E-state index in [-0.39, 0.29) is 0 Å². The van der Waals surface area contributed by atoms with Gasteiger partial charge >= 0.3 is 0 Å². The third-order valence-corrected chi connectivity index (χ3v) is 2.41. The molecule has 0 aliphatic heterocycles. The Bertz CT molecular complexity index is 76.0. The Kier molecular flexibility index (Phi) is 6.78. The zero-order valence-corrected chi connectivity index (χ0v) is 9.18. The molecule has 0 aromatic carbocycles. The van der Waals surface area contributed by atoms with E-state index in [9.17, 15) is 0 Å². The van der Waals surface area contributed by atoms with Crippen LogP contribution >= 0.6 is 22.6 Å². The summed E-state index contributed by atoms with van der Waals surface area (Å²) in [6.45, 7) is 6.70. The van der Waals surface area contributed by atoms with Gasteiger partial charge in [-0.15, -0.1) is 0 Å². The van der Waals surface area contributed by atoms with Gasteiger partial charge in [-0.2, -0.15) is 0 Å². The quantitative estimate of drug-likeness (QED) is 0.453. The van der Waals surface area contributed by atoms with Crippen LogP contribution in [0.1, 0.15) is 13.8 Å². The molecule has 1 N–H and O–H groups in total. The first-order valence-electron chi connectivity index (χ1n) is 3.67. The molecule has 0 aliphatic carbocycles. The fraction of sp³-hybridized carbons (Fsp3) is 1.00. The number of nitrogens with one attached hydrogen (secondary N) is 1. The van der Waals surface area contributed by atoms with Crippen LogP contribution in [0.3, 0.4) is 0 Å². The number of alkyl halides is 1. The number of likely N-dealkylation sites (N-methyl/N-ethyl adjacent to an activating group) is 1. The van der Waals surface area contributed by atoms with Crippen LogP contribution in [0.2, 0.25) is 0 Å². The molecule has 0 aromatic rings. The molecule has 0 aromatic heterocycles. The van der Waals surface area contributed by atoms with E-state index in [1.165, 1.54) is 0 Å². The maximum atomic E-state index is 3.14. The molecule has 0 aliphatic rings. The number of halogens is 1. The van der Waals surface area contributed by atoms with E-state index >= 15 is 0 Å².